The van der Waals surface area contributed by atoms with Crippen LogP contribution in [0.15, 0.2) is 34.0 Å². The monoisotopic (exact) mass is 432 g/mol. The van der Waals surface area contributed by atoms with Gasteiger partial charge in [0, 0.05) is 0 Å². The first-order chi connectivity index (χ1) is 12.1. The van der Waals surface area contributed by atoms with E-state index < -0.39 is 0 Å². The van der Waals surface area contributed by atoms with Crippen molar-refractivity contribution in [3.8, 4) is 5.75 Å². The van der Waals surface area contributed by atoms with E-state index in [0.29, 0.717) is 11.3 Å². The van der Waals surface area contributed by atoms with Gasteiger partial charge in [0.15, 0.2) is 0 Å². The van der Waals surface area contributed by atoms with Gasteiger partial charge in [-0.2, -0.15) is 0 Å². The Bertz CT molecular complexity index is 1080. The van der Waals surface area contributed by atoms with Crippen LogP contribution in [0.5, 0.6) is 5.75 Å². The maximum atomic E-state index is 5.96. The van der Waals surface area contributed by atoms with Crippen LogP contribution in [0.2, 0.25) is 0 Å². The van der Waals surface area contributed by atoms with Gasteiger partial charge in [-0.1, -0.05) is 0 Å². The Morgan fingerprint density at radius 3 is 2.92 bits per heavy atom. The predicted molar refractivity (Wildman–Crippen MR) is 100 cm³/mol. The normalized spacial score (nSPS) is 12.8. The van der Waals surface area contributed by atoms with Crippen molar-refractivity contribution in [2.45, 2.75) is 21.2 Å². The number of aromatic nitrogens is 5. The van der Waals surface area contributed by atoms with Crippen LogP contribution in [-0.4, -0.2) is 48.5 Å². The zero-order valence-electron chi connectivity index (χ0n) is 13.4. The summed E-state index contributed by atoms with van der Waals surface area (Å²) in [7, 11) is 1.67. The summed E-state index contributed by atoms with van der Waals surface area (Å²) in [5.41, 5.74) is 8.21. The molecule has 2 N–H and O–H groups in total. The van der Waals surface area contributed by atoms with E-state index in [0.717, 1.165) is 31.1 Å². The van der Waals surface area contributed by atoms with E-state index in [-0.39, 0.29) is 4.83 Å². The molecule has 25 heavy (non-hydrogen) atoms. The van der Waals surface area contributed by atoms with Crippen LogP contribution in [0.1, 0.15) is 11.8 Å². The van der Waals surface area contributed by atoms with E-state index in [1.54, 1.807) is 18.4 Å². The molecule has 4 rings (SSSR count). The average Bonchev–Trinajstić information content (AvgIpc) is 3.16. The number of nitrogens with zero attached hydrogens (tertiary/aromatic N) is 5. The number of nitrogen functional groups attached to an aromatic ring is 1. The molecule has 0 aliphatic rings. The van der Waals surface area contributed by atoms with Crippen molar-refractivity contribution in [2.24, 2.45) is 0 Å². The van der Waals surface area contributed by atoms with E-state index in [4.69, 9.17) is 10.5 Å². The number of methoxy groups -OCH3 is 1. The fraction of sp³-hybridized carbons (Fsp3) is 0.200. The number of thiazole rings is 1. The van der Waals surface area contributed by atoms with Crippen LogP contribution >= 0.6 is 23.1 Å². The van der Waals surface area contributed by atoms with Crippen molar-refractivity contribution in [1.29, 1.82) is 0 Å². The molecule has 0 aliphatic heterocycles. The van der Waals surface area contributed by atoms with Gasteiger partial charge < -0.3 is 0 Å². The summed E-state index contributed by atoms with van der Waals surface area (Å²) >= 11 is 5.66. The molecule has 1 aromatic carbocycles. The fourth-order valence-electron chi connectivity index (χ4n) is 2.50. The van der Waals surface area contributed by atoms with Gasteiger partial charge in [-0.3, -0.25) is 0 Å². The molecular formula is C15H13AsN6OS2. The molecule has 1 atom stereocenters. The molecule has 0 bridgehead atoms. The first kappa shape index (κ1) is 16.6. The Hall–Kier alpha value is -1.83. The molecule has 3 aromatic heterocycles. The molecule has 126 valence electrons. The second-order valence-corrected chi connectivity index (χ2v) is 9.00. The van der Waals surface area contributed by atoms with Crippen molar-refractivity contribution < 1.29 is 4.74 Å². The fourth-order valence-corrected chi connectivity index (χ4v) is 5.34. The minimum absolute atomic E-state index is 0.123. The van der Waals surface area contributed by atoms with Gasteiger partial charge in [-0.25, -0.2) is 0 Å². The zero-order chi connectivity index (χ0) is 17.6. The van der Waals surface area contributed by atoms with Crippen molar-refractivity contribution in [3.05, 3.63) is 24.5 Å². The van der Waals surface area contributed by atoms with Gasteiger partial charge in [0.05, 0.1) is 0 Å². The van der Waals surface area contributed by atoms with E-state index >= 15 is 0 Å². The molecule has 1 unspecified atom stereocenters. The summed E-state index contributed by atoms with van der Waals surface area (Å²) in [6.45, 7) is 2.06. The predicted octanol–water partition coefficient (Wildman–Crippen LogP) is 2.87. The summed E-state index contributed by atoms with van der Waals surface area (Å²) in [4.78, 5) is 17.8. The molecule has 0 saturated heterocycles. The number of imidazole rings is 1. The van der Waals surface area contributed by atoms with Crippen molar-refractivity contribution in [3.63, 3.8) is 0 Å². The van der Waals surface area contributed by atoms with Crippen LogP contribution in [-0.2, 0) is 0 Å². The second-order valence-electron chi connectivity index (χ2n) is 5.22. The molecule has 0 spiro atoms. The van der Waals surface area contributed by atoms with Gasteiger partial charge >= 0.3 is 161 Å². The molecule has 0 saturated carbocycles. The molecule has 10 heteroatoms. The number of benzene rings is 1. The number of hydrogen-bond acceptors (Lipinski definition) is 8. The number of anilines is 1. The van der Waals surface area contributed by atoms with Crippen LogP contribution in [0.25, 0.3) is 21.4 Å². The Balaban J connectivity index is 1.83. The van der Waals surface area contributed by atoms with Gasteiger partial charge in [-0.05, 0) is 0 Å². The summed E-state index contributed by atoms with van der Waals surface area (Å²) in [6, 6.07) is 5.85. The van der Waals surface area contributed by atoms with Gasteiger partial charge in [0.2, 0.25) is 0 Å². The van der Waals surface area contributed by atoms with Crippen LogP contribution in [0.3, 0.4) is 0 Å². The second kappa shape index (κ2) is 6.48. The Morgan fingerprint density at radius 1 is 1.32 bits per heavy atom. The summed E-state index contributed by atoms with van der Waals surface area (Å²) in [5.74, 6) is 1.20. The molecule has 0 fully saturated rings. The van der Waals surface area contributed by atoms with E-state index in [9.17, 15) is 0 Å². The maximum absolute atomic E-state index is 5.96. The molecule has 4 aromatic rings. The SMILES string of the molecule is COc1cccc2nc(Sc3nc4c(N)ncnc4n3C(C)[As])sc12. The third-order valence-corrected chi connectivity index (χ3v) is 6.21. The number of rotatable bonds is 4. The van der Waals surface area contributed by atoms with E-state index in [1.165, 1.54) is 18.1 Å². The molecule has 3 heterocycles. The number of fused-ring (bicyclic) bond motifs is 2. The van der Waals surface area contributed by atoms with Crippen LogP contribution < -0.4 is 10.5 Å². The summed E-state index contributed by atoms with van der Waals surface area (Å²) in [5, 5.41) is 0.786. The quantitative estimate of drug-likeness (QED) is 0.496. The van der Waals surface area contributed by atoms with Gasteiger partial charge in [0.25, 0.3) is 0 Å². The standard InChI is InChI=1S/C15H13AsN6OS2/c1-7(16)22-13-10(12(17)18-6-19-13)21-14(22)25-15-20-8-4-3-5-9(23-2)11(8)24-15/h3-7H,1-2H3,(H2,17,18,19). The zero-order valence-corrected chi connectivity index (χ0v) is 16.9. The Labute approximate surface area is 160 Å². The first-order valence-electron chi connectivity index (χ1n) is 7.36. The van der Waals surface area contributed by atoms with E-state index in [2.05, 4.69) is 43.7 Å². The first-order valence-corrected chi connectivity index (χ1v) is 10.1. The van der Waals surface area contributed by atoms with Crippen molar-refractivity contribution in [2.75, 3.05) is 12.8 Å². The molecule has 0 amide bonds. The third-order valence-electron chi connectivity index (χ3n) is 3.60. The van der Waals surface area contributed by atoms with Crippen molar-refractivity contribution in [1.82, 2.24) is 24.5 Å². The number of ether oxygens (including phenoxy) is 1. The number of hydrogen-bond donors (Lipinski definition) is 1. The minimum atomic E-state index is 0.123. The average molecular weight is 432 g/mol. The van der Waals surface area contributed by atoms with Crippen LogP contribution in [0, 0.1) is 0 Å². The van der Waals surface area contributed by atoms with Crippen molar-refractivity contribution >= 4 is 67.1 Å². The van der Waals surface area contributed by atoms with E-state index in [1.807, 2.05) is 22.8 Å². The number of nitrogens with two attached hydrogens (primary N) is 1. The van der Waals surface area contributed by atoms with Gasteiger partial charge in [0.1, 0.15) is 0 Å². The Kier molecular flexibility index (Phi) is 4.31. The molecule has 7 nitrogen and oxygen atoms in total. The summed E-state index contributed by atoms with van der Waals surface area (Å²) in [6.07, 6.45) is 1.46. The molecule has 2 radical (unpaired) electrons. The summed E-state index contributed by atoms with van der Waals surface area (Å²) < 4.78 is 9.36. The molecular weight excluding hydrogens is 419 g/mol. The Morgan fingerprint density at radius 2 is 2.16 bits per heavy atom. The van der Waals surface area contributed by atoms with Gasteiger partial charge in [-0.15, -0.1) is 0 Å². The topological polar surface area (TPSA) is 91.7 Å². The molecule has 0 aliphatic carbocycles. The third kappa shape index (κ3) is 2.86. The van der Waals surface area contributed by atoms with Crippen LogP contribution in [0.4, 0.5) is 5.82 Å².